The summed E-state index contributed by atoms with van der Waals surface area (Å²) < 4.78 is 0. The first-order chi connectivity index (χ1) is 14.8. The van der Waals surface area contributed by atoms with Crippen LogP contribution in [0, 0.1) is 6.92 Å². The molecular weight excluding hydrogens is 437 g/mol. The van der Waals surface area contributed by atoms with E-state index in [1.807, 2.05) is 6.92 Å². The molecule has 1 aliphatic carbocycles. The van der Waals surface area contributed by atoms with Gasteiger partial charge in [0.15, 0.2) is 0 Å². The normalized spacial score (nSPS) is 16.9. The van der Waals surface area contributed by atoms with Crippen molar-refractivity contribution in [3.8, 4) is 0 Å². The lowest BCUT2D eigenvalue weighted by atomic mass is 10.1. The van der Waals surface area contributed by atoms with Crippen LogP contribution in [0.4, 0.5) is 11.4 Å². The van der Waals surface area contributed by atoms with E-state index in [9.17, 15) is 14.4 Å². The molecule has 0 unspecified atom stereocenters. The minimum atomic E-state index is -0.635. The number of hydrogen-bond acceptors (Lipinski definition) is 4. The van der Waals surface area contributed by atoms with Crippen molar-refractivity contribution in [1.82, 2.24) is 5.32 Å². The molecule has 2 aromatic carbocycles. The second-order valence-electron chi connectivity index (χ2n) is 7.73. The van der Waals surface area contributed by atoms with Crippen molar-refractivity contribution in [2.75, 3.05) is 10.2 Å². The molecule has 8 heteroatoms. The molecule has 1 heterocycles. The number of amides is 3. The third kappa shape index (κ3) is 4.31. The number of nitrogens with zero attached hydrogens (tertiary/aromatic N) is 1. The van der Waals surface area contributed by atoms with Crippen molar-refractivity contribution in [1.29, 1.82) is 0 Å². The summed E-state index contributed by atoms with van der Waals surface area (Å²) >= 11 is 12.3. The summed E-state index contributed by atoms with van der Waals surface area (Å²) in [4.78, 5) is 39.1. The molecule has 4 rings (SSSR count). The van der Waals surface area contributed by atoms with E-state index in [2.05, 4.69) is 10.6 Å². The molecule has 6 nitrogen and oxygen atoms in total. The maximum Gasteiger partial charge on any atom is 0.283 e. The number of anilines is 2. The van der Waals surface area contributed by atoms with Crippen LogP contribution in [0.25, 0.3) is 0 Å². The lowest BCUT2D eigenvalue weighted by Crippen LogP contribution is -2.32. The molecule has 3 amide bonds. The van der Waals surface area contributed by atoms with Gasteiger partial charge < -0.3 is 10.6 Å². The fourth-order valence-corrected chi connectivity index (χ4v) is 4.18. The maximum absolute atomic E-state index is 13.0. The van der Waals surface area contributed by atoms with Crippen LogP contribution in [0.15, 0.2) is 53.2 Å². The zero-order valence-corrected chi connectivity index (χ0v) is 18.4. The van der Waals surface area contributed by atoms with Gasteiger partial charge in [0.2, 0.25) is 0 Å². The Morgan fingerprint density at radius 2 is 1.77 bits per heavy atom. The summed E-state index contributed by atoms with van der Waals surface area (Å²) in [5.74, 6) is -1.39. The topological polar surface area (TPSA) is 78.5 Å². The van der Waals surface area contributed by atoms with Crippen LogP contribution >= 0.6 is 23.2 Å². The second kappa shape index (κ2) is 8.73. The summed E-state index contributed by atoms with van der Waals surface area (Å²) in [7, 11) is 0. The molecular formula is C23H21Cl2N3O3. The highest BCUT2D eigenvalue weighted by Gasteiger charge is 2.39. The fourth-order valence-electron chi connectivity index (χ4n) is 3.79. The van der Waals surface area contributed by atoms with Gasteiger partial charge in [-0.05, 0) is 55.7 Å². The van der Waals surface area contributed by atoms with E-state index in [1.165, 1.54) is 0 Å². The van der Waals surface area contributed by atoms with E-state index >= 15 is 0 Å². The predicted octanol–water partition coefficient (Wildman–Crippen LogP) is 4.76. The Kier molecular flexibility index (Phi) is 6.03. The van der Waals surface area contributed by atoms with Gasteiger partial charge in [-0.2, -0.15) is 0 Å². The van der Waals surface area contributed by atoms with Crippen LogP contribution < -0.4 is 15.5 Å². The third-order valence-corrected chi connectivity index (χ3v) is 6.28. The van der Waals surface area contributed by atoms with E-state index in [0.717, 1.165) is 36.1 Å². The Labute approximate surface area is 190 Å². The lowest BCUT2D eigenvalue weighted by Gasteiger charge is -2.16. The Balaban J connectivity index is 1.53. The van der Waals surface area contributed by atoms with E-state index < -0.39 is 11.8 Å². The molecule has 0 radical (unpaired) electrons. The molecule has 2 N–H and O–H groups in total. The first kappa shape index (κ1) is 21.4. The number of halogens is 2. The molecule has 160 valence electrons. The molecule has 0 saturated heterocycles. The van der Waals surface area contributed by atoms with Gasteiger partial charge in [0.1, 0.15) is 10.7 Å². The van der Waals surface area contributed by atoms with Crippen molar-refractivity contribution in [3.05, 3.63) is 69.3 Å². The van der Waals surface area contributed by atoms with Gasteiger partial charge in [-0.3, -0.25) is 14.4 Å². The number of hydrogen-bond donors (Lipinski definition) is 2. The smallest absolute Gasteiger partial charge is 0.283 e. The number of aryl methyl sites for hydroxylation is 1. The molecule has 0 spiro atoms. The van der Waals surface area contributed by atoms with Gasteiger partial charge in [-0.15, -0.1) is 0 Å². The second-order valence-corrected chi connectivity index (χ2v) is 8.51. The van der Waals surface area contributed by atoms with Crippen LogP contribution in [0.3, 0.4) is 0 Å². The SMILES string of the molecule is Cc1ccc(N2C(=O)C(Cl)=C(Nc3cccc(C(=O)NC4CCCC4)c3)C2=O)cc1Cl. The minimum absolute atomic E-state index is 0.0447. The zero-order chi connectivity index (χ0) is 22.1. The quantitative estimate of drug-likeness (QED) is 0.634. The first-order valence-corrected chi connectivity index (χ1v) is 10.8. The van der Waals surface area contributed by atoms with Crippen molar-refractivity contribution in [2.45, 2.75) is 38.6 Å². The average molecular weight is 458 g/mol. The van der Waals surface area contributed by atoms with Crippen molar-refractivity contribution >= 4 is 52.3 Å². The molecule has 1 fully saturated rings. The molecule has 0 aromatic heterocycles. The summed E-state index contributed by atoms with van der Waals surface area (Å²) in [6, 6.07) is 11.9. The van der Waals surface area contributed by atoms with Gasteiger partial charge in [-0.1, -0.05) is 48.2 Å². The third-order valence-electron chi connectivity index (χ3n) is 5.53. The molecule has 31 heavy (non-hydrogen) atoms. The highest BCUT2D eigenvalue weighted by molar-refractivity contribution is 6.53. The Hall–Kier alpha value is -2.83. The van der Waals surface area contributed by atoms with E-state index in [4.69, 9.17) is 23.2 Å². The summed E-state index contributed by atoms with van der Waals surface area (Å²) in [5, 5.41) is 6.16. The van der Waals surface area contributed by atoms with E-state index in [1.54, 1.807) is 42.5 Å². The monoisotopic (exact) mass is 457 g/mol. The average Bonchev–Trinajstić information content (AvgIpc) is 3.33. The Morgan fingerprint density at radius 3 is 2.48 bits per heavy atom. The van der Waals surface area contributed by atoms with Gasteiger partial charge in [0.25, 0.3) is 17.7 Å². The van der Waals surface area contributed by atoms with Crippen LogP contribution in [0.1, 0.15) is 41.6 Å². The summed E-state index contributed by atoms with van der Waals surface area (Å²) in [6.07, 6.45) is 4.22. The highest BCUT2D eigenvalue weighted by atomic mass is 35.5. The molecule has 1 aliphatic heterocycles. The largest absolute Gasteiger partial charge is 0.350 e. The molecule has 0 bridgehead atoms. The standard InChI is InChI=1S/C23H21Cl2N3O3/c1-13-9-10-17(12-18(13)24)28-22(30)19(25)20(23(28)31)26-16-8-4-5-14(11-16)21(29)27-15-6-2-3-7-15/h4-5,8-12,15,26H,2-3,6-7H2,1H3,(H,27,29). The van der Waals surface area contributed by atoms with Gasteiger partial charge >= 0.3 is 0 Å². The van der Waals surface area contributed by atoms with Crippen molar-refractivity contribution in [3.63, 3.8) is 0 Å². The van der Waals surface area contributed by atoms with Crippen molar-refractivity contribution in [2.24, 2.45) is 0 Å². The van der Waals surface area contributed by atoms with Crippen LogP contribution in [-0.2, 0) is 9.59 Å². The number of imide groups is 1. The van der Waals surface area contributed by atoms with Crippen LogP contribution in [-0.4, -0.2) is 23.8 Å². The predicted molar refractivity (Wildman–Crippen MR) is 121 cm³/mol. The molecule has 2 aliphatic rings. The fraction of sp³-hybridized carbons (Fsp3) is 0.261. The van der Waals surface area contributed by atoms with Gasteiger partial charge in [0, 0.05) is 22.3 Å². The summed E-state index contributed by atoms with van der Waals surface area (Å²) in [6.45, 7) is 1.83. The van der Waals surface area contributed by atoms with Crippen LogP contribution in [0.5, 0.6) is 0 Å². The number of carbonyl (C=O) groups excluding carboxylic acids is 3. The molecule has 2 aromatic rings. The number of rotatable bonds is 5. The van der Waals surface area contributed by atoms with E-state index in [-0.39, 0.29) is 22.7 Å². The number of benzene rings is 2. The van der Waals surface area contributed by atoms with E-state index in [0.29, 0.717) is 22.0 Å². The lowest BCUT2D eigenvalue weighted by molar-refractivity contribution is -0.120. The Morgan fingerprint density at radius 1 is 1.03 bits per heavy atom. The minimum Gasteiger partial charge on any atom is -0.350 e. The maximum atomic E-state index is 13.0. The zero-order valence-electron chi connectivity index (χ0n) is 16.9. The van der Waals surface area contributed by atoms with Gasteiger partial charge in [-0.25, -0.2) is 4.90 Å². The van der Waals surface area contributed by atoms with Crippen LogP contribution in [0.2, 0.25) is 5.02 Å². The number of carbonyl (C=O) groups is 3. The Bertz CT molecular complexity index is 1110. The van der Waals surface area contributed by atoms with Gasteiger partial charge in [0.05, 0.1) is 5.69 Å². The molecule has 1 saturated carbocycles. The summed E-state index contributed by atoms with van der Waals surface area (Å²) in [5.41, 5.74) is 2.07. The van der Waals surface area contributed by atoms with Crippen molar-refractivity contribution < 1.29 is 14.4 Å². The highest BCUT2D eigenvalue weighted by Crippen LogP contribution is 2.32. The number of nitrogens with one attached hydrogen (secondary N) is 2. The first-order valence-electron chi connectivity index (χ1n) is 10.1. The molecule has 0 atom stereocenters.